The van der Waals surface area contributed by atoms with Gasteiger partial charge in [0.25, 0.3) is 10.0 Å². The molecule has 156 valence electrons. The highest BCUT2D eigenvalue weighted by molar-refractivity contribution is 7.92. The molecule has 0 atom stereocenters. The van der Waals surface area contributed by atoms with Crippen LogP contribution in [0.25, 0.3) is 0 Å². The molecule has 0 aromatic heterocycles. The fourth-order valence-corrected chi connectivity index (χ4v) is 4.43. The number of hydrogen-bond donors (Lipinski definition) is 2. The van der Waals surface area contributed by atoms with Gasteiger partial charge in [0, 0.05) is 0 Å². The van der Waals surface area contributed by atoms with E-state index in [1.165, 1.54) is 0 Å². The molecule has 0 saturated carbocycles. The van der Waals surface area contributed by atoms with Crippen molar-refractivity contribution in [2.75, 3.05) is 21.9 Å². The molecule has 0 aliphatic carbocycles. The van der Waals surface area contributed by atoms with Crippen molar-refractivity contribution in [3.63, 3.8) is 0 Å². The Hall–Kier alpha value is -3.32. The lowest BCUT2D eigenvalue weighted by Crippen LogP contribution is -2.38. The largest absolute Gasteiger partial charge is 0.397 e. The molecular weight excluding hydrogens is 398 g/mol. The summed E-state index contributed by atoms with van der Waals surface area (Å²) in [5, 5.41) is 2.70. The van der Waals surface area contributed by atoms with Crippen molar-refractivity contribution in [2.45, 2.75) is 25.2 Å². The lowest BCUT2D eigenvalue weighted by molar-refractivity contribution is -0.114. The van der Waals surface area contributed by atoms with Crippen LogP contribution in [0, 0.1) is 6.92 Å². The standard InChI is InChI=1S/C23H25N3O3S/c1-3-18-7-6-8-19(15-18)26(30(28,29)20-13-11-17(2)12-14-20)16-23(27)25-22-10-5-4-9-21(22)24/h4-15H,3,16,24H2,1-2H3,(H,25,27). The molecule has 0 saturated heterocycles. The predicted molar refractivity (Wildman–Crippen MR) is 121 cm³/mol. The first-order valence-electron chi connectivity index (χ1n) is 9.64. The zero-order valence-corrected chi connectivity index (χ0v) is 17.8. The van der Waals surface area contributed by atoms with Gasteiger partial charge in [0.2, 0.25) is 5.91 Å². The molecule has 3 N–H and O–H groups in total. The van der Waals surface area contributed by atoms with Crippen LogP contribution in [0.5, 0.6) is 0 Å². The van der Waals surface area contributed by atoms with E-state index in [1.54, 1.807) is 66.7 Å². The topological polar surface area (TPSA) is 92.5 Å². The molecular formula is C23H25N3O3S. The highest BCUT2D eigenvalue weighted by atomic mass is 32.2. The number of carbonyl (C=O) groups excluding carboxylic acids is 1. The molecule has 0 bridgehead atoms. The van der Waals surface area contributed by atoms with E-state index in [0.29, 0.717) is 17.1 Å². The van der Waals surface area contributed by atoms with Gasteiger partial charge in [0.1, 0.15) is 6.54 Å². The first kappa shape index (κ1) is 21.4. The number of sulfonamides is 1. The van der Waals surface area contributed by atoms with Gasteiger partial charge in [-0.05, 0) is 55.3 Å². The maximum atomic E-state index is 13.4. The summed E-state index contributed by atoms with van der Waals surface area (Å²) in [6, 6.07) is 20.6. The Morgan fingerprint density at radius 2 is 1.70 bits per heavy atom. The summed E-state index contributed by atoms with van der Waals surface area (Å²) in [6.45, 7) is 3.50. The third kappa shape index (κ3) is 4.80. The Labute approximate surface area is 177 Å². The van der Waals surface area contributed by atoms with E-state index in [9.17, 15) is 13.2 Å². The normalized spacial score (nSPS) is 11.1. The fourth-order valence-electron chi connectivity index (χ4n) is 3.02. The predicted octanol–water partition coefficient (Wildman–Crippen LogP) is 3.97. The Balaban J connectivity index is 1.98. The molecule has 3 rings (SSSR count). The summed E-state index contributed by atoms with van der Waals surface area (Å²) in [5.41, 5.74) is 9.11. The first-order chi connectivity index (χ1) is 14.3. The van der Waals surface area contributed by atoms with Gasteiger partial charge in [-0.2, -0.15) is 0 Å². The van der Waals surface area contributed by atoms with E-state index in [-0.39, 0.29) is 11.4 Å². The second-order valence-electron chi connectivity index (χ2n) is 6.98. The van der Waals surface area contributed by atoms with Gasteiger partial charge < -0.3 is 11.1 Å². The van der Waals surface area contributed by atoms with Crippen molar-refractivity contribution in [1.82, 2.24) is 0 Å². The van der Waals surface area contributed by atoms with Crippen LogP contribution in [0.1, 0.15) is 18.1 Å². The molecule has 3 aromatic carbocycles. The number of hydrogen-bond acceptors (Lipinski definition) is 4. The molecule has 30 heavy (non-hydrogen) atoms. The van der Waals surface area contributed by atoms with Gasteiger partial charge >= 0.3 is 0 Å². The zero-order chi connectivity index (χ0) is 21.7. The van der Waals surface area contributed by atoms with E-state index in [0.717, 1.165) is 21.9 Å². The summed E-state index contributed by atoms with van der Waals surface area (Å²) in [5.74, 6) is -0.481. The van der Waals surface area contributed by atoms with Crippen molar-refractivity contribution in [1.29, 1.82) is 0 Å². The van der Waals surface area contributed by atoms with Crippen molar-refractivity contribution < 1.29 is 13.2 Å². The number of nitrogens with one attached hydrogen (secondary N) is 1. The van der Waals surface area contributed by atoms with Gasteiger partial charge in [-0.1, -0.05) is 48.9 Å². The number of benzene rings is 3. The second kappa shape index (κ2) is 9.00. The van der Waals surface area contributed by atoms with Crippen LogP contribution in [-0.2, 0) is 21.2 Å². The number of nitrogen functional groups attached to an aromatic ring is 1. The van der Waals surface area contributed by atoms with Gasteiger partial charge in [-0.15, -0.1) is 0 Å². The number of nitrogens with two attached hydrogens (primary N) is 1. The molecule has 0 aliphatic rings. The maximum Gasteiger partial charge on any atom is 0.264 e. The molecule has 0 heterocycles. The Bertz CT molecular complexity index is 1140. The van der Waals surface area contributed by atoms with E-state index < -0.39 is 15.9 Å². The van der Waals surface area contributed by atoms with E-state index in [1.807, 2.05) is 19.9 Å². The lowest BCUT2D eigenvalue weighted by Gasteiger charge is -2.25. The summed E-state index contributed by atoms with van der Waals surface area (Å²) >= 11 is 0. The molecule has 0 unspecified atom stereocenters. The summed E-state index contributed by atoms with van der Waals surface area (Å²) in [4.78, 5) is 12.9. The quantitative estimate of drug-likeness (QED) is 0.562. The zero-order valence-electron chi connectivity index (χ0n) is 17.0. The highest BCUT2D eigenvalue weighted by Crippen LogP contribution is 2.25. The third-order valence-corrected chi connectivity index (χ3v) is 6.53. The van der Waals surface area contributed by atoms with Gasteiger partial charge in [-0.3, -0.25) is 9.10 Å². The SMILES string of the molecule is CCc1cccc(N(CC(=O)Nc2ccccc2N)S(=O)(=O)c2ccc(C)cc2)c1. The highest BCUT2D eigenvalue weighted by Gasteiger charge is 2.27. The Kier molecular flexibility index (Phi) is 6.42. The number of carbonyl (C=O) groups is 1. The Morgan fingerprint density at radius 3 is 2.37 bits per heavy atom. The molecule has 6 nitrogen and oxygen atoms in total. The third-order valence-electron chi connectivity index (χ3n) is 4.74. The number of para-hydroxylation sites is 2. The number of aryl methyl sites for hydroxylation is 2. The number of nitrogens with zero attached hydrogens (tertiary/aromatic N) is 1. The minimum atomic E-state index is -3.95. The number of anilines is 3. The smallest absolute Gasteiger partial charge is 0.264 e. The van der Waals surface area contributed by atoms with Crippen LogP contribution in [0.4, 0.5) is 17.1 Å². The summed E-state index contributed by atoms with van der Waals surface area (Å²) < 4.78 is 28.0. The molecule has 7 heteroatoms. The molecule has 3 aromatic rings. The van der Waals surface area contributed by atoms with Gasteiger partial charge in [0.05, 0.1) is 22.0 Å². The van der Waals surface area contributed by atoms with Crippen LogP contribution in [0.3, 0.4) is 0 Å². The first-order valence-corrected chi connectivity index (χ1v) is 11.1. The molecule has 1 amide bonds. The van der Waals surface area contributed by atoms with E-state index in [2.05, 4.69) is 5.32 Å². The lowest BCUT2D eigenvalue weighted by atomic mass is 10.1. The van der Waals surface area contributed by atoms with Crippen molar-refractivity contribution in [2.24, 2.45) is 0 Å². The minimum Gasteiger partial charge on any atom is -0.397 e. The van der Waals surface area contributed by atoms with Gasteiger partial charge in [0.15, 0.2) is 0 Å². The fraction of sp³-hybridized carbons (Fsp3) is 0.174. The van der Waals surface area contributed by atoms with Crippen LogP contribution < -0.4 is 15.4 Å². The maximum absolute atomic E-state index is 13.4. The van der Waals surface area contributed by atoms with E-state index >= 15 is 0 Å². The van der Waals surface area contributed by atoms with Crippen LogP contribution in [0.2, 0.25) is 0 Å². The summed E-state index contributed by atoms with van der Waals surface area (Å²) in [6.07, 6.45) is 0.749. The van der Waals surface area contributed by atoms with E-state index in [4.69, 9.17) is 5.73 Å². The molecule has 0 radical (unpaired) electrons. The average molecular weight is 424 g/mol. The van der Waals surface area contributed by atoms with Crippen LogP contribution in [-0.4, -0.2) is 20.9 Å². The average Bonchev–Trinajstić information content (AvgIpc) is 2.74. The number of amides is 1. The van der Waals surface area contributed by atoms with Crippen LogP contribution >= 0.6 is 0 Å². The molecule has 0 fully saturated rings. The van der Waals surface area contributed by atoms with Crippen molar-refractivity contribution in [3.8, 4) is 0 Å². The van der Waals surface area contributed by atoms with Crippen molar-refractivity contribution >= 4 is 33.0 Å². The second-order valence-corrected chi connectivity index (χ2v) is 8.85. The molecule has 0 aliphatic heterocycles. The minimum absolute atomic E-state index is 0.127. The van der Waals surface area contributed by atoms with Crippen LogP contribution in [0.15, 0.2) is 77.7 Å². The monoisotopic (exact) mass is 423 g/mol. The summed E-state index contributed by atoms with van der Waals surface area (Å²) in [7, 11) is -3.95. The number of rotatable bonds is 7. The van der Waals surface area contributed by atoms with Crippen molar-refractivity contribution in [3.05, 3.63) is 83.9 Å². The Morgan fingerprint density at radius 1 is 1.00 bits per heavy atom. The van der Waals surface area contributed by atoms with Gasteiger partial charge in [-0.25, -0.2) is 8.42 Å². The molecule has 0 spiro atoms.